The van der Waals surface area contributed by atoms with Crippen LogP contribution in [0.25, 0.3) is 22.3 Å². The van der Waals surface area contributed by atoms with Gasteiger partial charge in [0.15, 0.2) is 8.24 Å². The normalized spacial score (nSPS) is 18.4. The summed E-state index contributed by atoms with van der Waals surface area (Å²) in [5.41, 5.74) is 1.87. The third kappa shape index (κ3) is 3.97. The lowest BCUT2D eigenvalue weighted by Crippen LogP contribution is -2.65. The van der Waals surface area contributed by atoms with Crippen LogP contribution >= 0.6 is 0 Å². The van der Waals surface area contributed by atoms with Crippen molar-refractivity contribution in [3.63, 3.8) is 0 Å². The Morgan fingerprint density at radius 3 is 2.65 bits per heavy atom. The maximum Gasteiger partial charge on any atom is 0.194 e. The average molecular weight is 499 g/mol. The Morgan fingerprint density at radius 1 is 1.32 bits per heavy atom. The number of nitriles is 1. The number of H-pyrrole nitrogens is 1. The number of fused-ring (bicyclic) bond motifs is 1. The molecule has 1 fully saturated rings. The van der Waals surface area contributed by atoms with Crippen molar-refractivity contribution < 1.29 is 4.21 Å². The number of aromatic nitrogens is 5. The molecule has 3 aromatic heterocycles. The first-order valence-electron chi connectivity index (χ1n) is 11.6. The van der Waals surface area contributed by atoms with Gasteiger partial charge in [-0.1, -0.05) is 20.8 Å². The molecule has 0 bridgehead atoms. The SMILES string of the molecule is CC(C)S(=O)(=N[Si](C)(C)C(C)(C)C)N1CC(CC#N)(n2cc(-c3ncnc4[nH]ccc34)cn2)C1. The van der Waals surface area contributed by atoms with Crippen LogP contribution < -0.4 is 0 Å². The minimum atomic E-state index is -2.61. The summed E-state index contributed by atoms with van der Waals surface area (Å²) in [6.45, 7) is 15.8. The van der Waals surface area contributed by atoms with Crippen molar-refractivity contribution in [1.82, 2.24) is 29.0 Å². The van der Waals surface area contributed by atoms with E-state index in [-0.39, 0.29) is 16.7 Å². The number of hydrogen-bond donors (Lipinski definition) is 1. The highest BCUT2D eigenvalue weighted by atomic mass is 32.2. The molecule has 0 spiro atoms. The van der Waals surface area contributed by atoms with Crippen LogP contribution in [0.5, 0.6) is 0 Å². The van der Waals surface area contributed by atoms with E-state index in [1.54, 1.807) is 6.20 Å². The molecule has 0 aliphatic carbocycles. The van der Waals surface area contributed by atoms with E-state index >= 15 is 0 Å². The molecule has 3 aromatic rings. The number of nitrogens with zero attached hydrogens (tertiary/aromatic N) is 7. The second-order valence-corrected chi connectivity index (χ2v) is 18.9. The molecule has 11 heteroatoms. The first-order chi connectivity index (χ1) is 15.8. The largest absolute Gasteiger partial charge is 0.346 e. The summed E-state index contributed by atoms with van der Waals surface area (Å²) in [5, 5.41) is 15.1. The van der Waals surface area contributed by atoms with Crippen molar-refractivity contribution in [1.29, 1.82) is 5.26 Å². The fraction of sp³-hybridized carbons (Fsp3) is 0.565. The Balaban J connectivity index is 1.68. The van der Waals surface area contributed by atoms with Gasteiger partial charge >= 0.3 is 0 Å². The van der Waals surface area contributed by atoms with Crippen LogP contribution in [-0.4, -0.2) is 59.8 Å². The van der Waals surface area contributed by atoms with Crippen LogP contribution in [0.1, 0.15) is 41.0 Å². The quantitative estimate of drug-likeness (QED) is 0.501. The molecule has 0 radical (unpaired) electrons. The molecule has 4 rings (SSSR count). The summed E-state index contributed by atoms with van der Waals surface area (Å²) in [6, 6.07) is 4.27. The standard InChI is InChI=1S/C23H34N8OSSi/c1-17(2)33(32,29-34(6,7)22(3,4)5)30-14-23(15-30,9-10-24)31-13-18(12-28-31)20-19-8-11-25-21(19)27-16-26-20/h8,11-13,16-17H,9,14-15H2,1-7H3,(H,25,26,27). The van der Waals surface area contributed by atoms with Gasteiger partial charge < -0.3 is 4.98 Å². The topological polar surface area (TPSA) is 116 Å². The molecule has 9 nitrogen and oxygen atoms in total. The van der Waals surface area contributed by atoms with Gasteiger partial charge in [0, 0.05) is 36.4 Å². The third-order valence-corrected chi connectivity index (χ3v) is 16.0. The Morgan fingerprint density at radius 2 is 2.03 bits per heavy atom. The predicted molar refractivity (Wildman–Crippen MR) is 138 cm³/mol. The second kappa shape index (κ2) is 8.29. The van der Waals surface area contributed by atoms with Crippen LogP contribution in [-0.2, 0) is 15.5 Å². The van der Waals surface area contributed by atoms with Crippen LogP contribution in [0.15, 0.2) is 35.0 Å². The Hall–Kier alpha value is -2.55. The molecular formula is C23H34N8OSSi. The van der Waals surface area contributed by atoms with E-state index in [0.717, 1.165) is 22.3 Å². The lowest BCUT2D eigenvalue weighted by Gasteiger charge is -2.51. The summed E-state index contributed by atoms with van der Waals surface area (Å²) in [4.78, 5) is 11.8. The first-order valence-corrected chi connectivity index (χ1v) is 16.0. The van der Waals surface area contributed by atoms with Gasteiger partial charge in [0.1, 0.15) is 27.4 Å². The zero-order valence-electron chi connectivity index (χ0n) is 21.0. The van der Waals surface area contributed by atoms with E-state index in [0.29, 0.717) is 13.1 Å². The molecule has 4 heterocycles. The fourth-order valence-corrected chi connectivity index (χ4v) is 10.5. The Kier molecular flexibility index (Phi) is 5.99. The van der Waals surface area contributed by atoms with Crippen LogP contribution in [0.4, 0.5) is 0 Å². The number of nitrogens with one attached hydrogen (secondary N) is 1. The van der Waals surface area contributed by atoms with E-state index in [9.17, 15) is 9.47 Å². The number of aromatic amines is 1. The molecule has 1 unspecified atom stereocenters. The summed E-state index contributed by atoms with van der Waals surface area (Å²) < 4.78 is 23.2. The molecule has 0 saturated carbocycles. The highest BCUT2D eigenvalue weighted by Gasteiger charge is 2.51. The molecule has 0 aromatic carbocycles. The maximum absolute atomic E-state index is 14.3. The van der Waals surface area contributed by atoms with Crippen molar-refractivity contribution in [3.8, 4) is 17.3 Å². The molecule has 0 amide bonds. The minimum Gasteiger partial charge on any atom is -0.346 e. The maximum atomic E-state index is 14.3. The van der Waals surface area contributed by atoms with Gasteiger partial charge in [-0.2, -0.15) is 10.4 Å². The molecule has 182 valence electrons. The lowest BCUT2D eigenvalue weighted by atomic mass is 9.89. The molecular weight excluding hydrogens is 464 g/mol. The third-order valence-electron chi connectivity index (χ3n) is 7.22. The molecule has 1 aliphatic heterocycles. The Labute approximate surface area is 203 Å². The second-order valence-electron chi connectivity index (χ2n) is 11.0. The van der Waals surface area contributed by atoms with E-state index in [2.05, 4.69) is 60.0 Å². The predicted octanol–water partition coefficient (Wildman–Crippen LogP) is 4.54. The van der Waals surface area contributed by atoms with Gasteiger partial charge in [-0.25, -0.2) is 18.5 Å². The first kappa shape index (κ1) is 24.6. The summed E-state index contributed by atoms with van der Waals surface area (Å²) >= 11 is 0. The van der Waals surface area contributed by atoms with Gasteiger partial charge in [-0.3, -0.25) is 8.71 Å². The molecule has 34 heavy (non-hydrogen) atoms. The highest BCUT2D eigenvalue weighted by molar-refractivity contribution is 7.92. The molecule has 1 N–H and O–H groups in total. The van der Waals surface area contributed by atoms with Gasteiger partial charge in [0.05, 0.1) is 29.6 Å². The van der Waals surface area contributed by atoms with E-state index < -0.39 is 23.7 Å². The van der Waals surface area contributed by atoms with Gasteiger partial charge in [-0.05, 0) is 38.0 Å². The van der Waals surface area contributed by atoms with Crippen molar-refractivity contribution in [2.45, 2.75) is 70.0 Å². The van der Waals surface area contributed by atoms with Crippen molar-refractivity contribution in [2.24, 2.45) is 4.03 Å². The minimum absolute atomic E-state index is 0.00283. The highest BCUT2D eigenvalue weighted by Crippen LogP contribution is 2.41. The van der Waals surface area contributed by atoms with Gasteiger partial charge in [0.2, 0.25) is 0 Å². The zero-order valence-corrected chi connectivity index (χ0v) is 22.8. The monoisotopic (exact) mass is 498 g/mol. The lowest BCUT2D eigenvalue weighted by molar-refractivity contribution is 0.0744. The summed E-state index contributed by atoms with van der Waals surface area (Å²) in [5.74, 6) is 0. The fourth-order valence-electron chi connectivity index (χ4n) is 4.01. The van der Waals surface area contributed by atoms with Crippen LogP contribution in [0.2, 0.25) is 18.1 Å². The number of hydrogen-bond acceptors (Lipinski definition) is 6. The van der Waals surface area contributed by atoms with Crippen LogP contribution in [0.3, 0.4) is 0 Å². The van der Waals surface area contributed by atoms with Gasteiger partial charge in [0.25, 0.3) is 0 Å². The van der Waals surface area contributed by atoms with Crippen molar-refractivity contribution in [2.75, 3.05) is 13.1 Å². The summed E-state index contributed by atoms with van der Waals surface area (Å²) in [6.07, 6.45) is 7.36. The Bertz CT molecular complexity index is 1360. The number of rotatable bonds is 6. The average Bonchev–Trinajstić information content (AvgIpc) is 3.38. The molecule has 1 saturated heterocycles. The molecule has 1 atom stereocenters. The van der Waals surface area contributed by atoms with E-state index in [1.165, 1.54) is 6.33 Å². The van der Waals surface area contributed by atoms with Crippen molar-refractivity contribution in [3.05, 3.63) is 31.0 Å². The smallest absolute Gasteiger partial charge is 0.194 e. The van der Waals surface area contributed by atoms with Gasteiger partial charge in [-0.15, -0.1) is 0 Å². The van der Waals surface area contributed by atoms with E-state index in [1.807, 2.05) is 41.3 Å². The summed E-state index contributed by atoms with van der Waals surface area (Å²) in [7, 11) is -4.76. The van der Waals surface area contributed by atoms with Crippen molar-refractivity contribution >= 4 is 29.2 Å². The zero-order chi connectivity index (χ0) is 24.9. The molecule has 1 aliphatic rings. The van der Waals surface area contributed by atoms with E-state index in [4.69, 9.17) is 4.03 Å². The van der Waals surface area contributed by atoms with Crippen LogP contribution in [0, 0.1) is 11.3 Å².